The second kappa shape index (κ2) is 14.9. The van der Waals surface area contributed by atoms with E-state index in [0.29, 0.717) is 6.42 Å². The Kier molecular flexibility index (Phi) is 13.4. The molecule has 0 aromatic carbocycles. The first-order chi connectivity index (χ1) is 13.6. The second-order valence-electron chi connectivity index (χ2n) is 6.25. The van der Waals surface area contributed by atoms with Crippen molar-refractivity contribution >= 4 is 24.1 Å². The van der Waals surface area contributed by atoms with Gasteiger partial charge in [0.05, 0.1) is 19.2 Å². The summed E-state index contributed by atoms with van der Waals surface area (Å²) < 4.78 is 19.6. The molecule has 0 rings (SSSR count). The Morgan fingerprint density at radius 3 is 2.03 bits per heavy atom. The first-order valence-electron chi connectivity index (χ1n) is 9.16. The molecule has 0 aliphatic rings. The van der Waals surface area contributed by atoms with E-state index in [4.69, 9.17) is 18.9 Å². The smallest absolute Gasteiger partial charge is 0.407 e. The van der Waals surface area contributed by atoms with Gasteiger partial charge < -0.3 is 29.6 Å². The molecule has 10 nitrogen and oxygen atoms in total. The Morgan fingerprint density at radius 2 is 1.48 bits per heavy atom. The van der Waals surface area contributed by atoms with Crippen LogP contribution in [0.5, 0.6) is 0 Å². The van der Waals surface area contributed by atoms with Gasteiger partial charge in [0.15, 0.2) is 0 Å². The summed E-state index contributed by atoms with van der Waals surface area (Å²) in [4.78, 5) is 45.5. The zero-order valence-electron chi connectivity index (χ0n) is 17.3. The highest BCUT2D eigenvalue weighted by atomic mass is 16.6. The quantitative estimate of drug-likeness (QED) is 0.214. The van der Waals surface area contributed by atoms with Gasteiger partial charge >= 0.3 is 24.1 Å². The molecular weight excluding hydrogens is 384 g/mol. The van der Waals surface area contributed by atoms with E-state index in [2.05, 4.69) is 17.2 Å². The normalized spacial score (nSPS) is 11.5. The number of ether oxygens (including phenoxy) is 4. The lowest BCUT2D eigenvalue weighted by molar-refractivity contribution is -0.139. The van der Waals surface area contributed by atoms with Crippen molar-refractivity contribution in [2.24, 2.45) is 0 Å². The zero-order valence-corrected chi connectivity index (χ0v) is 17.3. The second-order valence-corrected chi connectivity index (χ2v) is 6.25. The number of nitrogens with one attached hydrogen (secondary N) is 2. The van der Waals surface area contributed by atoms with Crippen molar-refractivity contribution in [3.8, 4) is 0 Å². The minimum Gasteiger partial charge on any atom is -0.461 e. The maximum Gasteiger partial charge on any atom is 0.407 e. The summed E-state index contributed by atoms with van der Waals surface area (Å²) in [5.74, 6) is -1.11. The van der Waals surface area contributed by atoms with Gasteiger partial charge in [-0.15, -0.1) is 0 Å². The van der Waals surface area contributed by atoms with Crippen LogP contribution in [0.4, 0.5) is 9.59 Å². The van der Waals surface area contributed by atoms with Gasteiger partial charge in [-0.05, 0) is 27.7 Å². The van der Waals surface area contributed by atoms with E-state index in [1.807, 2.05) is 0 Å². The van der Waals surface area contributed by atoms with Crippen LogP contribution < -0.4 is 10.6 Å². The Bertz CT molecular complexity index is 601. The summed E-state index contributed by atoms with van der Waals surface area (Å²) in [5, 5.41) is 4.87. The Morgan fingerprint density at radius 1 is 0.931 bits per heavy atom. The number of rotatable bonds is 12. The van der Waals surface area contributed by atoms with Gasteiger partial charge in [-0.1, -0.05) is 12.7 Å². The fraction of sp³-hybridized carbons (Fsp3) is 0.579. The fourth-order valence-corrected chi connectivity index (χ4v) is 1.66. The van der Waals surface area contributed by atoms with Crippen molar-refractivity contribution in [3.05, 3.63) is 24.3 Å². The largest absolute Gasteiger partial charge is 0.461 e. The molecule has 0 bridgehead atoms. The maximum atomic E-state index is 11.6. The number of hydrogen-bond acceptors (Lipinski definition) is 8. The first kappa shape index (κ1) is 26.0. The third-order valence-corrected chi connectivity index (χ3v) is 2.94. The fourth-order valence-electron chi connectivity index (χ4n) is 1.66. The van der Waals surface area contributed by atoms with Gasteiger partial charge in [-0.25, -0.2) is 19.2 Å². The Balaban J connectivity index is 3.84. The molecule has 2 amide bonds. The molecule has 1 atom stereocenters. The highest BCUT2D eigenvalue weighted by Gasteiger charge is 2.09. The summed E-state index contributed by atoms with van der Waals surface area (Å²) >= 11 is 0. The number of alkyl carbamates (subject to hydrolysis) is 2. The summed E-state index contributed by atoms with van der Waals surface area (Å²) in [5.41, 5.74) is 0.274. The molecule has 0 heterocycles. The molecule has 0 aromatic heterocycles. The van der Waals surface area contributed by atoms with Crippen molar-refractivity contribution in [2.75, 3.05) is 26.3 Å². The van der Waals surface area contributed by atoms with Crippen LogP contribution in [0.2, 0.25) is 0 Å². The van der Waals surface area contributed by atoms with Crippen LogP contribution in [0.25, 0.3) is 0 Å². The van der Waals surface area contributed by atoms with E-state index >= 15 is 0 Å². The molecule has 0 fully saturated rings. The predicted molar refractivity (Wildman–Crippen MR) is 104 cm³/mol. The van der Waals surface area contributed by atoms with E-state index in [9.17, 15) is 19.2 Å². The third-order valence-electron chi connectivity index (χ3n) is 2.94. The van der Waals surface area contributed by atoms with Crippen molar-refractivity contribution < 1.29 is 38.1 Å². The van der Waals surface area contributed by atoms with Crippen molar-refractivity contribution in [1.29, 1.82) is 0 Å². The summed E-state index contributed by atoms with van der Waals surface area (Å²) in [6.45, 7) is 10.3. The SMILES string of the molecule is C=C(C)C(=O)OCCNC(=O)OC(C)C/C=C/C(=O)OCCNC(=O)OC(C)C. The summed E-state index contributed by atoms with van der Waals surface area (Å²) in [6.07, 6.45) is 1.06. The van der Waals surface area contributed by atoms with Crippen LogP contribution in [0, 0.1) is 0 Å². The molecular formula is C19H30N2O8. The van der Waals surface area contributed by atoms with E-state index in [0.717, 1.165) is 0 Å². The van der Waals surface area contributed by atoms with Crippen LogP contribution in [0.3, 0.4) is 0 Å². The minimum atomic E-state index is -0.667. The van der Waals surface area contributed by atoms with E-state index in [-0.39, 0.29) is 38.0 Å². The number of amides is 2. The molecule has 29 heavy (non-hydrogen) atoms. The first-order valence-corrected chi connectivity index (χ1v) is 9.16. The highest BCUT2D eigenvalue weighted by Crippen LogP contribution is 2.00. The third kappa shape index (κ3) is 15.7. The molecule has 0 aliphatic heterocycles. The molecule has 0 radical (unpaired) electrons. The lowest BCUT2D eigenvalue weighted by Gasteiger charge is -2.12. The van der Waals surface area contributed by atoms with Crippen LogP contribution in [-0.2, 0) is 28.5 Å². The van der Waals surface area contributed by atoms with Crippen molar-refractivity contribution in [3.63, 3.8) is 0 Å². The van der Waals surface area contributed by atoms with Crippen LogP contribution >= 0.6 is 0 Å². The summed E-state index contributed by atoms with van der Waals surface area (Å²) in [7, 11) is 0. The topological polar surface area (TPSA) is 129 Å². The van der Waals surface area contributed by atoms with Crippen LogP contribution in [0.1, 0.15) is 34.1 Å². The average molecular weight is 414 g/mol. The van der Waals surface area contributed by atoms with Crippen LogP contribution in [0.15, 0.2) is 24.3 Å². The number of carbonyl (C=O) groups is 4. The van der Waals surface area contributed by atoms with Crippen molar-refractivity contribution in [2.45, 2.75) is 46.3 Å². The zero-order chi connectivity index (χ0) is 22.2. The van der Waals surface area contributed by atoms with Gasteiger partial charge in [-0.3, -0.25) is 0 Å². The monoisotopic (exact) mass is 414 g/mol. The Hall–Kier alpha value is -3.04. The molecule has 2 N–H and O–H groups in total. The summed E-state index contributed by atoms with van der Waals surface area (Å²) in [6, 6.07) is 0. The Labute approximate surface area is 170 Å². The van der Waals surface area contributed by atoms with E-state index in [1.54, 1.807) is 20.8 Å². The number of esters is 2. The molecule has 0 aliphatic carbocycles. The van der Waals surface area contributed by atoms with Gasteiger partial charge in [0, 0.05) is 18.1 Å². The molecule has 10 heteroatoms. The van der Waals surface area contributed by atoms with Gasteiger partial charge in [0.25, 0.3) is 0 Å². The minimum absolute atomic E-state index is 0.000774. The maximum absolute atomic E-state index is 11.6. The van der Waals surface area contributed by atoms with Gasteiger partial charge in [0.2, 0.25) is 0 Å². The molecule has 0 saturated heterocycles. The van der Waals surface area contributed by atoms with Gasteiger partial charge in [0.1, 0.15) is 19.3 Å². The van der Waals surface area contributed by atoms with Crippen molar-refractivity contribution in [1.82, 2.24) is 10.6 Å². The lowest BCUT2D eigenvalue weighted by atomic mass is 10.2. The predicted octanol–water partition coefficient (Wildman–Crippen LogP) is 1.84. The molecule has 1 unspecified atom stereocenters. The average Bonchev–Trinajstić information content (AvgIpc) is 2.61. The standard InChI is InChI=1S/C19H30N2O8/c1-13(2)17(23)27-12-10-21-19(25)29-15(5)7-6-8-16(22)26-11-9-20-18(24)28-14(3)4/h6,8,14-15H,1,7,9-12H2,2-5H3,(H,20,24)(H,21,25)/b8-6+. The van der Waals surface area contributed by atoms with Crippen LogP contribution in [-0.4, -0.2) is 62.6 Å². The van der Waals surface area contributed by atoms with E-state index < -0.39 is 30.2 Å². The molecule has 164 valence electrons. The lowest BCUT2D eigenvalue weighted by Crippen LogP contribution is -2.31. The van der Waals surface area contributed by atoms with E-state index in [1.165, 1.54) is 19.1 Å². The molecule has 0 spiro atoms. The number of hydrogen-bond donors (Lipinski definition) is 2. The highest BCUT2D eigenvalue weighted by molar-refractivity contribution is 5.86. The molecule has 0 aromatic rings. The number of carbonyl (C=O) groups excluding carboxylic acids is 4. The molecule has 0 saturated carbocycles. The van der Waals surface area contributed by atoms with Gasteiger partial charge in [-0.2, -0.15) is 0 Å².